The van der Waals surface area contributed by atoms with Gasteiger partial charge in [0.05, 0.1) is 5.54 Å². The van der Waals surface area contributed by atoms with Crippen LogP contribution in [0.15, 0.2) is 0 Å². The zero-order valence-electron chi connectivity index (χ0n) is 11.0. The first kappa shape index (κ1) is 12.7. The number of ketones is 1. The van der Waals surface area contributed by atoms with Crippen LogP contribution in [0, 0.1) is 11.3 Å². The molecule has 15 heavy (non-hydrogen) atoms. The van der Waals surface area contributed by atoms with Crippen LogP contribution in [0.3, 0.4) is 0 Å². The Kier molecular flexibility index (Phi) is 3.30. The van der Waals surface area contributed by atoms with Gasteiger partial charge in [0.15, 0.2) is 5.78 Å². The third kappa shape index (κ3) is 2.41. The molecule has 0 unspecified atom stereocenters. The second-order valence-corrected chi connectivity index (χ2v) is 6.16. The van der Waals surface area contributed by atoms with E-state index in [1.54, 1.807) is 0 Å². The van der Waals surface area contributed by atoms with E-state index in [0.29, 0.717) is 17.7 Å². The van der Waals surface area contributed by atoms with Crippen LogP contribution in [0.4, 0.5) is 0 Å². The van der Waals surface area contributed by atoms with Crippen molar-refractivity contribution < 1.29 is 4.79 Å². The van der Waals surface area contributed by atoms with Crippen LogP contribution in [0.1, 0.15) is 54.4 Å². The summed E-state index contributed by atoms with van der Waals surface area (Å²) in [5, 5.41) is 3.49. The number of hydrogen-bond acceptors (Lipinski definition) is 2. The summed E-state index contributed by atoms with van der Waals surface area (Å²) in [5.41, 5.74) is -0.438. The SMILES string of the molecule is CC[C@@H]1C[C@]1(NC(C)C)C(=O)C(C)(C)C. The van der Waals surface area contributed by atoms with Gasteiger partial charge in [0.2, 0.25) is 0 Å². The lowest BCUT2D eigenvalue weighted by Gasteiger charge is -2.28. The lowest BCUT2D eigenvalue weighted by Crippen LogP contribution is -2.49. The van der Waals surface area contributed by atoms with Gasteiger partial charge in [0.1, 0.15) is 0 Å². The predicted molar refractivity (Wildman–Crippen MR) is 63.9 cm³/mol. The van der Waals surface area contributed by atoms with E-state index in [-0.39, 0.29) is 11.0 Å². The molecule has 0 saturated heterocycles. The van der Waals surface area contributed by atoms with Gasteiger partial charge in [-0.2, -0.15) is 0 Å². The maximum absolute atomic E-state index is 12.4. The molecule has 1 aliphatic rings. The van der Waals surface area contributed by atoms with E-state index in [1.165, 1.54) is 0 Å². The maximum Gasteiger partial charge on any atom is 0.158 e. The molecule has 0 spiro atoms. The van der Waals surface area contributed by atoms with Crippen molar-refractivity contribution in [3.8, 4) is 0 Å². The van der Waals surface area contributed by atoms with Gasteiger partial charge in [-0.3, -0.25) is 4.79 Å². The van der Waals surface area contributed by atoms with Crippen molar-refractivity contribution in [1.82, 2.24) is 5.32 Å². The molecule has 88 valence electrons. The Balaban J connectivity index is 2.81. The minimum atomic E-state index is -0.230. The fourth-order valence-corrected chi connectivity index (χ4v) is 2.53. The summed E-state index contributed by atoms with van der Waals surface area (Å²) in [5.74, 6) is 0.933. The van der Waals surface area contributed by atoms with Crippen molar-refractivity contribution in [1.29, 1.82) is 0 Å². The van der Waals surface area contributed by atoms with Crippen LogP contribution >= 0.6 is 0 Å². The standard InChI is InChI=1S/C13H25NO/c1-7-10-8-13(10,14-9(2)3)11(15)12(4,5)6/h9-10,14H,7-8H2,1-6H3/t10-,13-/m1/s1. The van der Waals surface area contributed by atoms with Crippen LogP contribution in [-0.4, -0.2) is 17.4 Å². The lowest BCUT2D eigenvalue weighted by molar-refractivity contribution is -0.130. The van der Waals surface area contributed by atoms with Gasteiger partial charge in [-0.05, 0) is 26.2 Å². The summed E-state index contributed by atoms with van der Waals surface area (Å²) in [6.07, 6.45) is 2.12. The number of Topliss-reactive ketones (excluding diaryl/α,β-unsaturated/α-hetero) is 1. The molecule has 2 heteroatoms. The first-order chi connectivity index (χ1) is 6.74. The molecule has 1 rings (SSSR count). The molecule has 0 aliphatic heterocycles. The van der Waals surface area contributed by atoms with Crippen molar-refractivity contribution in [2.24, 2.45) is 11.3 Å². The van der Waals surface area contributed by atoms with E-state index < -0.39 is 0 Å². The topological polar surface area (TPSA) is 29.1 Å². The number of carbonyl (C=O) groups is 1. The molecule has 0 aromatic rings. The molecular weight excluding hydrogens is 186 g/mol. The van der Waals surface area contributed by atoms with Crippen LogP contribution in [0.2, 0.25) is 0 Å². The van der Waals surface area contributed by atoms with E-state index in [1.807, 2.05) is 20.8 Å². The Morgan fingerprint density at radius 1 is 1.47 bits per heavy atom. The smallest absolute Gasteiger partial charge is 0.158 e. The second kappa shape index (κ2) is 3.89. The minimum Gasteiger partial charge on any atom is -0.302 e. The third-order valence-corrected chi connectivity index (χ3v) is 3.23. The van der Waals surface area contributed by atoms with E-state index in [2.05, 4.69) is 26.1 Å². The Morgan fingerprint density at radius 2 is 2.00 bits per heavy atom. The number of nitrogens with one attached hydrogen (secondary N) is 1. The number of carbonyl (C=O) groups excluding carboxylic acids is 1. The molecule has 0 amide bonds. The summed E-state index contributed by atoms with van der Waals surface area (Å²) in [4.78, 5) is 12.4. The van der Waals surface area contributed by atoms with Gasteiger partial charge in [-0.1, -0.05) is 34.1 Å². The molecule has 1 N–H and O–H groups in total. The quantitative estimate of drug-likeness (QED) is 0.774. The summed E-state index contributed by atoms with van der Waals surface area (Å²) >= 11 is 0. The van der Waals surface area contributed by atoms with E-state index in [4.69, 9.17) is 0 Å². The van der Waals surface area contributed by atoms with Crippen LogP contribution < -0.4 is 5.32 Å². The van der Waals surface area contributed by atoms with Gasteiger partial charge >= 0.3 is 0 Å². The first-order valence-corrected chi connectivity index (χ1v) is 6.06. The fourth-order valence-electron chi connectivity index (χ4n) is 2.53. The monoisotopic (exact) mass is 211 g/mol. The van der Waals surface area contributed by atoms with Crippen molar-refractivity contribution in [3.05, 3.63) is 0 Å². The molecule has 1 saturated carbocycles. The zero-order valence-corrected chi connectivity index (χ0v) is 11.0. The van der Waals surface area contributed by atoms with E-state index in [0.717, 1.165) is 12.8 Å². The van der Waals surface area contributed by atoms with E-state index in [9.17, 15) is 4.79 Å². The Hall–Kier alpha value is -0.370. The highest BCUT2D eigenvalue weighted by Gasteiger charge is 2.60. The molecule has 2 atom stereocenters. The Labute approximate surface area is 93.8 Å². The lowest BCUT2D eigenvalue weighted by atomic mass is 9.83. The highest BCUT2D eigenvalue weighted by molar-refractivity contribution is 5.96. The highest BCUT2D eigenvalue weighted by Crippen LogP contribution is 2.50. The van der Waals surface area contributed by atoms with Crippen LogP contribution in [0.5, 0.6) is 0 Å². The summed E-state index contributed by atoms with van der Waals surface area (Å²) in [6, 6.07) is 0.382. The Bertz CT molecular complexity index is 252. The zero-order chi connectivity index (χ0) is 11.9. The average Bonchev–Trinajstić information content (AvgIpc) is 2.75. The molecule has 1 fully saturated rings. The van der Waals surface area contributed by atoms with Crippen LogP contribution in [0.25, 0.3) is 0 Å². The molecule has 1 aliphatic carbocycles. The highest BCUT2D eigenvalue weighted by atomic mass is 16.1. The second-order valence-electron chi connectivity index (χ2n) is 6.16. The summed E-state index contributed by atoms with van der Waals surface area (Å²) < 4.78 is 0. The predicted octanol–water partition coefficient (Wildman–Crippen LogP) is 2.77. The van der Waals surface area contributed by atoms with Gasteiger partial charge in [-0.25, -0.2) is 0 Å². The van der Waals surface area contributed by atoms with Crippen molar-refractivity contribution in [2.75, 3.05) is 0 Å². The first-order valence-electron chi connectivity index (χ1n) is 6.06. The maximum atomic E-state index is 12.4. The molecular formula is C13H25NO. The molecule has 0 aromatic carbocycles. The van der Waals surface area contributed by atoms with Gasteiger partial charge in [0.25, 0.3) is 0 Å². The van der Waals surface area contributed by atoms with Crippen molar-refractivity contribution >= 4 is 5.78 Å². The normalized spacial score (nSPS) is 30.7. The van der Waals surface area contributed by atoms with Crippen molar-refractivity contribution in [3.63, 3.8) is 0 Å². The molecule has 0 radical (unpaired) electrons. The van der Waals surface area contributed by atoms with Gasteiger partial charge in [-0.15, -0.1) is 0 Å². The number of rotatable bonds is 4. The molecule has 0 aromatic heterocycles. The number of hydrogen-bond donors (Lipinski definition) is 1. The van der Waals surface area contributed by atoms with E-state index >= 15 is 0 Å². The fraction of sp³-hybridized carbons (Fsp3) is 0.923. The van der Waals surface area contributed by atoms with Gasteiger partial charge in [0, 0.05) is 11.5 Å². The minimum absolute atomic E-state index is 0.207. The van der Waals surface area contributed by atoms with Gasteiger partial charge < -0.3 is 5.32 Å². The molecule has 0 bridgehead atoms. The molecule has 0 heterocycles. The molecule has 2 nitrogen and oxygen atoms in total. The third-order valence-electron chi connectivity index (χ3n) is 3.23. The van der Waals surface area contributed by atoms with Crippen LogP contribution in [-0.2, 0) is 4.79 Å². The summed E-state index contributed by atoms with van der Waals surface area (Å²) in [7, 11) is 0. The summed E-state index contributed by atoms with van der Waals surface area (Å²) in [6.45, 7) is 12.5. The largest absolute Gasteiger partial charge is 0.302 e. The van der Waals surface area contributed by atoms with Crippen molar-refractivity contribution in [2.45, 2.75) is 66.0 Å². The average molecular weight is 211 g/mol. The Morgan fingerprint density at radius 3 is 2.27 bits per heavy atom.